The van der Waals surface area contributed by atoms with Gasteiger partial charge in [-0.3, -0.25) is 0 Å². The molecule has 0 radical (unpaired) electrons. The van der Waals surface area contributed by atoms with Crippen molar-refractivity contribution in [3.05, 3.63) is 0 Å². The summed E-state index contributed by atoms with van der Waals surface area (Å²) in [6.07, 6.45) is 0. The number of halogens is 2. The van der Waals surface area contributed by atoms with Gasteiger partial charge in [0.05, 0.1) is 0 Å². The molecule has 0 nitrogen and oxygen atoms in total. The predicted octanol–water partition coefficient (Wildman–Crippen LogP) is 4.59. The van der Waals surface area contributed by atoms with Gasteiger partial charge in [-0.2, -0.15) is 0 Å². The number of fused-ring (bicyclic) bond motifs is 10. The van der Waals surface area contributed by atoms with E-state index < -0.39 is 7.72 Å². The Bertz CT molecular complexity index is 859. The zero-order valence-corrected chi connectivity index (χ0v) is 11.4. The second-order valence-electron chi connectivity index (χ2n) is 10.4. The minimum atomic E-state index is -3.26. The Morgan fingerprint density at radius 3 is 1.20 bits per heavy atom. The van der Waals surface area contributed by atoms with Gasteiger partial charge in [-0.15, -0.1) is 0 Å². The average molecular weight is 328 g/mol. The van der Waals surface area contributed by atoms with Gasteiger partial charge in [0.2, 0.25) is 0 Å². The van der Waals surface area contributed by atoms with Gasteiger partial charge in [0.1, 0.15) is 0 Å². The molecule has 10 heterocycles. The van der Waals surface area contributed by atoms with Gasteiger partial charge < -0.3 is 0 Å². The first-order valence-corrected chi connectivity index (χ1v) is 17.2. The van der Waals surface area contributed by atoms with Crippen molar-refractivity contribution in [3.63, 3.8) is 0 Å². The summed E-state index contributed by atoms with van der Waals surface area (Å²) in [5.74, 6) is 2.19. The fraction of sp³-hybridized carbons (Fsp3) is 1.00. The molecule has 0 aliphatic carbocycles. The third kappa shape index (κ3) is 0.0487. The SMILES string of the molecule is ClC[C]12[CH]3[CH]4[CH]5[CH]1[Ru]45321678[CH]2[CH]1[CH]6[C]7(CCl)[CH]28. The number of rotatable bonds is 2. The first-order chi connectivity index (χ1) is 7.05. The zero-order chi connectivity index (χ0) is 9.35. The molecular formula is C12H12Cl2Ru. The second kappa shape index (κ2) is 0.433. The number of hydrogen-bond donors (Lipinski definition) is 0. The Morgan fingerprint density at radius 1 is 0.733 bits per heavy atom. The molecule has 0 N–H and O–H groups in total. The second-order valence-corrected chi connectivity index (χ2v) is 47.8. The summed E-state index contributed by atoms with van der Waals surface area (Å²) in [4.78, 5) is 0. The molecule has 8 atom stereocenters. The molecule has 10 rings (SSSR count). The van der Waals surface area contributed by atoms with Crippen LogP contribution < -0.4 is 0 Å². The van der Waals surface area contributed by atoms with Crippen molar-refractivity contribution in [2.45, 2.75) is 44.1 Å². The van der Waals surface area contributed by atoms with E-state index in [0.29, 0.717) is 0 Å². The van der Waals surface area contributed by atoms with Gasteiger partial charge in [0.25, 0.3) is 0 Å². The molecule has 10 fully saturated rings. The first kappa shape index (κ1) is 5.90. The average Bonchev–Trinajstić information content (AvgIpc) is 3.22. The molecule has 15 heavy (non-hydrogen) atoms. The Morgan fingerprint density at radius 2 is 1.07 bits per heavy atom. The van der Waals surface area contributed by atoms with Crippen LogP contribution in [0.25, 0.3) is 0 Å². The van der Waals surface area contributed by atoms with E-state index in [9.17, 15) is 0 Å². The first-order valence-electron chi connectivity index (χ1n) is 6.38. The van der Waals surface area contributed by atoms with Crippen LogP contribution in [0.5, 0.6) is 0 Å². The van der Waals surface area contributed by atoms with E-state index in [1.807, 2.05) is 0 Å². The Hall–Kier alpha value is 1.20. The molecule has 0 aromatic carbocycles. The maximum absolute atomic E-state index is 6.53. The van der Waals surface area contributed by atoms with Crippen molar-refractivity contribution in [3.8, 4) is 0 Å². The van der Waals surface area contributed by atoms with E-state index >= 15 is 0 Å². The fourth-order valence-electron chi connectivity index (χ4n) is 18.2. The summed E-state index contributed by atoms with van der Waals surface area (Å²) in [6.45, 7) is 0. The molecule has 0 bridgehead atoms. The molecule has 3 heteroatoms. The molecule has 0 saturated carbocycles. The van der Waals surface area contributed by atoms with Crippen LogP contribution in [0.2, 0.25) is 44.1 Å². The molecule has 10 aliphatic heterocycles. The number of alkyl halides is 2. The van der Waals surface area contributed by atoms with E-state index in [0.717, 1.165) is 19.8 Å². The summed E-state index contributed by atoms with van der Waals surface area (Å²) in [6, 6.07) is 0. The normalized spacial score (nSPS) is 139. The third-order valence-corrected chi connectivity index (χ3v) is 86.6. The molecule has 82 valence electrons. The van der Waals surface area contributed by atoms with Gasteiger partial charge in [-0.25, -0.2) is 0 Å². The van der Waals surface area contributed by atoms with Crippen LogP contribution >= 0.6 is 23.2 Å². The zero-order valence-electron chi connectivity index (χ0n) is 8.14. The Balaban J connectivity index is 1.88. The van der Waals surface area contributed by atoms with Gasteiger partial charge in [-0.1, -0.05) is 0 Å². The summed E-state index contributed by atoms with van der Waals surface area (Å²) < 4.78 is 12.6. The monoisotopic (exact) mass is 328 g/mol. The summed E-state index contributed by atoms with van der Waals surface area (Å²) in [5, 5.41) is 0. The standard InChI is InChI=1S/2C6H6Cl.Ru/c2*7-5-6-3-1-2-4-6;/h2*1-4H,5H2;. The predicted molar refractivity (Wildman–Crippen MR) is 56.8 cm³/mol. The van der Waals surface area contributed by atoms with Crippen molar-refractivity contribution in [2.75, 3.05) is 11.8 Å². The van der Waals surface area contributed by atoms with Gasteiger partial charge >= 0.3 is 86.8 Å². The van der Waals surface area contributed by atoms with E-state index in [1.165, 1.54) is 36.1 Å². The summed E-state index contributed by atoms with van der Waals surface area (Å²) in [7, 11) is -3.26. The molecule has 0 aromatic heterocycles. The van der Waals surface area contributed by atoms with Crippen molar-refractivity contribution in [2.24, 2.45) is 0 Å². The van der Waals surface area contributed by atoms with Crippen molar-refractivity contribution < 1.29 is 7.72 Å². The van der Waals surface area contributed by atoms with Crippen molar-refractivity contribution >= 4 is 23.2 Å². The van der Waals surface area contributed by atoms with E-state index in [-0.39, 0.29) is 0 Å². The molecule has 10 aliphatic rings. The Labute approximate surface area is 86.4 Å². The minimum absolute atomic E-state index is 0.898. The van der Waals surface area contributed by atoms with Gasteiger partial charge in [-0.05, 0) is 0 Å². The van der Waals surface area contributed by atoms with Crippen molar-refractivity contribution in [1.29, 1.82) is 0 Å². The fourth-order valence-corrected chi connectivity index (χ4v) is 162. The van der Waals surface area contributed by atoms with Crippen LogP contribution in [0, 0.1) is 0 Å². The van der Waals surface area contributed by atoms with Crippen LogP contribution in [0.4, 0.5) is 0 Å². The molecule has 0 aromatic rings. The van der Waals surface area contributed by atoms with Crippen LogP contribution in [-0.4, -0.2) is 11.8 Å². The van der Waals surface area contributed by atoms with Gasteiger partial charge in [0, 0.05) is 0 Å². The molecule has 1 spiro atoms. The molecule has 0 amide bonds. The Kier molecular flexibility index (Phi) is 0.170. The summed E-state index contributed by atoms with van der Waals surface area (Å²) in [5.41, 5.74) is 0. The van der Waals surface area contributed by atoms with Crippen LogP contribution in [-0.2, 0) is 7.72 Å². The van der Waals surface area contributed by atoms with Crippen LogP contribution in [0.3, 0.4) is 0 Å². The van der Waals surface area contributed by atoms with E-state index in [4.69, 9.17) is 23.2 Å². The summed E-state index contributed by atoms with van der Waals surface area (Å²) >= 11 is 13.1. The molecule has 8 unspecified atom stereocenters. The third-order valence-electron chi connectivity index (χ3n) is 15.8. The molecular weight excluding hydrogens is 316 g/mol. The molecule has 10 saturated heterocycles. The maximum atomic E-state index is 6.53. The number of hydrogen-bond acceptors (Lipinski definition) is 0. The van der Waals surface area contributed by atoms with E-state index in [1.54, 1.807) is 0 Å². The van der Waals surface area contributed by atoms with E-state index in [2.05, 4.69) is 0 Å². The van der Waals surface area contributed by atoms with Crippen LogP contribution in [0.1, 0.15) is 0 Å². The van der Waals surface area contributed by atoms with Gasteiger partial charge in [0.15, 0.2) is 0 Å². The van der Waals surface area contributed by atoms with Crippen molar-refractivity contribution in [1.82, 2.24) is 0 Å². The van der Waals surface area contributed by atoms with Crippen LogP contribution in [0.15, 0.2) is 0 Å². The topological polar surface area (TPSA) is 0 Å². The quantitative estimate of drug-likeness (QED) is 0.514.